The van der Waals surface area contributed by atoms with Gasteiger partial charge >= 0.3 is 0 Å². The van der Waals surface area contributed by atoms with Crippen LogP contribution in [-0.2, 0) is 4.74 Å². The molecule has 3 rings (SSSR count). The zero-order chi connectivity index (χ0) is 16.2. The molecule has 1 aliphatic heterocycles. The topological polar surface area (TPSA) is 54.5 Å². The summed E-state index contributed by atoms with van der Waals surface area (Å²) in [7, 11) is 3.95. The van der Waals surface area contributed by atoms with Crippen molar-refractivity contribution >= 4 is 28.1 Å². The summed E-state index contributed by atoms with van der Waals surface area (Å²) in [5.41, 5.74) is 2.77. The van der Waals surface area contributed by atoms with E-state index in [4.69, 9.17) is 4.74 Å². The molecule has 122 valence electrons. The quantitative estimate of drug-likeness (QED) is 0.933. The largest absolute Gasteiger partial charge is 0.381 e. The first-order chi connectivity index (χ1) is 11.1. The molecule has 0 atom stereocenters. The number of carbonyl (C=O) groups is 1. The van der Waals surface area contributed by atoms with E-state index in [9.17, 15) is 4.79 Å². The van der Waals surface area contributed by atoms with Gasteiger partial charge in [-0.1, -0.05) is 0 Å². The van der Waals surface area contributed by atoms with Gasteiger partial charge in [0.2, 0.25) is 0 Å². The SMILES string of the molecule is CN(C)c1ccc(C(=O)Nc2nc(C3CCOCC3)cs2)cc1. The molecule has 1 aliphatic rings. The van der Waals surface area contributed by atoms with E-state index in [1.807, 2.05) is 48.6 Å². The van der Waals surface area contributed by atoms with Crippen LogP contribution in [0.1, 0.15) is 34.8 Å². The number of anilines is 2. The molecule has 6 heteroatoms. The number of rotatable bonds is 4. The monoisotopic (exact) mass is 331 g/mol. The van der Waals surface area contributed by atoms with E-state index >= 15 is 0 Å². The molecule has 1 aromatic carbocycles. The number of aromatic nitrogens is 1. The van der Waals surface area contributed by atoms with Crippen molar-refractivity contribution in [2.75, 3.05) is 37.5 Å². The second-order valence-electron chi connectivity index (χ2n) is 5.86. The predicted molar refractivity (Wildman–Crippen MR) is 93.6 cm³/mol. The lowest BCUT2D eigenvalue weighted by Gasteiger charge is -2.19. The molecule has 5 nitrogen and oxygen atoms in total. The summed E-state index contributed by atoms with van der Waals surface area (Å²) >= 11 is 1.48. The summed E-state index contributed by atoms with van der Waals surface area (Å²) in [6.07, 6.45) is 2.01. The molecule has 0 spiro atoms. The van der Waals surface area contributed by atoms with Crippen LogP contribution in [0.4, 0.5) is 10.8 Å². The average molecular weight is 331 g/mol. The average Bonchev–Trinajstić information content (AvgIpc) is 3.04. The van der Waals surface area contributed by atoms with Crippen LogP contribution >= 0.6 is 11.3 Å². The van der Waals surface area contributed by atoms with Gasteiger partial charge < -0.3 is 9.64 Å². The van der Waals surface area contributed by atoms with Gasteiger partial charge in [-0.3, -0.25) is 10.1 Å². The van der Waals surface area contributed by atoms with Crippen molar-refractivity contribution in [1.82, 2.24) is 4.98 Å². The Bertz CT molecular complexity index is 661. The molecule has 0 saturated carbocycles. The van der Waals surface area contributed by atoms with Crippen LogP contribution in [-0.4, -0.2) is 38.2 Å². The van der Waals surface area contributed by atoms with Gasteiger partial charge in [0.1, 0.15) is 0 Å². The molecule has 2 heterocycles. The molecule has 23 heavy (non-hydrogen) atoms. The summed E-state index contributed by atoms with van der Waals surface area (Å²) in [4.78, 5) is 18.9. The van der Waals surface area contributed by atoms with Crippen LogP contribution in [0.2, 0.25) is 0 Å². The van der Waals surface area contributed by atoms with E-state index in [-0.39, 0.29) is 5.91 Å². The van der Waals surface area contributed by atoms with E-state index in [1.165, 1.54) is 11.3 Å². The predicted octanol–water partition coefficient (Wildman–Crippen LogP) is 3.36. The van der Waals surface area contributed by atoms with Gasteiger partial charge in [-0.2, -0.15) is 0 Å². The van der Waals surface area contributed by atoms with Crippen molar-refractivity contribution in [3.05, 3.63) is 40.9 Å². The highest BCUT2D eigenvalue weighted by molar-refractivity contribution is 7.14. The highest BCUT2D eigenvalue weighted by Gasteiger charge is 2.19. The number of hydrogen-bond acceptors (Lipinski definition) is 5. The number of carbonyl (C=O) groups excluding carboxylic acids is 1. The molecule has 1 aromatic heterocycles. The number of ether oxygens (including phenoxy) is 1. The summed E-state index contributed by atoms with van der Waals surface area (Å²) < 4.78 is 5.38. The Morgan fingerprint density at radius 1 is 1.26 bits per heavy atom. The van der Waals surface area contributed by atoms with Crippen molar-refractivity contribution in [3.63, 3.8) is 0 Å². The summed E-state index contributed by atoms with van der Waals surface area (Å²) in [6, 6.07) is 7.53. The Kier molecular flexibility index (Phi) is 4.93. The highest BCUT2D eigenvalue weighted by Crippen LogP contribution is 2.29. The molecule has 0 aliphatic carbocycles. The maximum atomic E-state index is 12.3. The molecule has 1 fully saturated rings. The Morgan fingerprint density at radius 2 is 1.96 bits per heavy atom. The zero-order valence-electron chi connectivity index (χ0n) is 13.4. The van der Waals surface area contributed by atoms with E-state index in [2.05, 4.69) is 10.3 Å². The van der Waals surface area contributed by atoms with E-state index in [0.717, 1.165) is 37.4 Å². The lowest BCUT2D eigenvalue weighted by molar-refractivity contribution is 0.0846. The zero-order valence-corrected chi connectivity index (χ0v) is 14.2. The van der Waals surface area contributed by atoms with Crippen LogP contribution in [0.5, 0.6) is 0 Å². The maximum absolute atomic E-state index is 12.3. The molecule has 1 saturated heterocycles. The van der Waals surface area contributed by atoms with E-state index in [0.29, 0.717) is 16.6 Å². The number of hydrogen-bond donors (Lipinski definition) is 1. The van der Waals surface area contributed by atoms with Crippen LogP contribution in [0.3, 0.4) is 0 Å². The van der Waals surface area contributed by atoms with Gasteiger partial charge in [0.15, 0.2) is 5.13 Å². The van der Waals surface area contributed by atoms with E-state index < -0.39 is 0 Å². The summed E-state index contributed by atoms with van der Waals surface area (Å²) in [6.45, 7) is 1.59. The van der Waals surface area contributed by atoms with Gasteiger partial charge in [0, 0.05) is 49.9 Å². The fraction of sp³-hybridized carbons (Fsp3) is 0.412. The second-order valence-corrected chi connectivity index (χ2v) is 6.72. The third-order valence-corrected chi connectivity index (χ3v) is 4.80. The standard InChI is InChI=1S/C17H21N3O2S/c1-20(2)14-5-3-13(4-6-14)16(21)19-17-18-15(11-23-17)12-7-9-22-10-8-12/h3-6,11-12H,7-10H2,1-2H3,(H,18,19,21). The Hall–Kier alpha value is -1.92. The van der Waals surface area contributed by atoms with Crippen molar-refractivity contribution in [2.45, 2.75) is 18.8 Å². The lowest BCUT2D eigenvalue weighted by Crippen LogP contribution is -2.15. The molecule has 1 amide bonds. The van der Waals surface area contributed by atoms with Crippen LogP contribution in [0.15, 0.2) is 29.6 Å². The van der Waals surface area contributed by atoms with E-state index in [1.54, 1.807) is 0 Å². The molecule has 2 aromatic rings. The summed E-state index contributed by atoms with van der Waals surface area (Å²) in [5.74, 6) is 0.327. The minimum Gasteiger partial charge on any atom is -0.381 e. The normalized spacial score (nSPS) is 15.4. The van der Waals surface area contributed by atoms with Gasteiger partial charge in [-0.25, -0.2) is 4.98 Å². The third-order valence-electron chi connectivity index (χ3n) is 4.03. The van der Waals surface area contributed by atoms with Crippen molar-refractivity contribution in [2.24, 2.45) is 0 Å². The number of benzene rings is 1. The van der Waals surface area contributed by atoms with Gasteiger partial charge in [0.25, 0.3) is 5.91 Å². The maximum Gasteiger partial charge on any atom is 0.257 e. The number of thiazole rings is 1. The van der Waals surface area contributed by atoms with Crippen molar-refractivity contribution in [1.29, 1.82) is 0 Å². The Balaban J connectivity index is 1.64. The highest BCUT2D eigenvalue weighted by atomic mass is 32.1. The molecule has 0 unspecified atom stereocenters. The van der Waals surface area contributed by atoms with Crippen molar-refractivity contribution < 1.29 is 9.53 Å². The smallest absolute Gasteiger partial charge is 0.257 e. The fourth-order valence-electron chi connectivity index (χ4n) is 2.60. The second kappa shape index (κ2) is 7.10. The van der Waals surface area contributed by atoms with Crippen molar-refractivity contribution in [3.8, 4) is 0 Å². The van der Waals surface area contributed by atoms with Gasteiger partial charge in [-0.05, 0) is 37.1 Å². The van der Waals surface area contributed by atoms with Gasteiger partial charge in [-0.15, -0.1) is 11.3 Å². The molecule has 0 bridgehead atoms. The third kappa shape index (κ3) is 3.89. The minimum absolute atomic E-state index is 0.122. The molecule has 1 N–H and O–H groups in total. The minimum atomic E-state index is -0.122. The van der Waals surface area contributed by atoms with Crippen LogP contribution in [0, 0.1) is 0 Å². The first-order valence-electron chi connectivity index (χ1n) is 7.75. The molecule has 0 radical (unpaired) electrons. The molecular weight excluding hydrogens is 310 g/mol. The van der Waals surface area contributed by atoms with Crippen LogP contribution in [0.25, 0.3) is 0 Å². The Morgan fingerprint density at radius 3 is 2.61 bits per heavy atom. The number of amides is 1. The number of nitrogens with one attached hydrogen (secondary N) is 1. The van der Waals surface area contributed by atoms with Crippen LogP contribution < -0.4 is 10.2 Å². The first-order valence-corrected chi connectivity index (χ1v) is 8.63. The lowest BCUT2D eigenvalue weighted by atomic mass is 9.98. The Labute approximate surface area is 140 Å². The number of nitrogens with zero attached hydrogens (tertiary/aromatic N) is 2. The fourth-order valence-corrected chi connectivity index (χ4v) is 3.39. The summed E-state index contributed by atoms with van der Waals surface area (Å²) in [5, 5.41) is 5.59. The first kappa shape index (κ1) is 16.0. The van der Waals surface area contributed by atoms with Gasteiger partial charge in [0.05, 0.1) is 5.69 Å². The molecular formula is C17H21N3O2S.